The van der Waals surface area contributed by atoms with Crippen molar-refractivity contribution >= 4 is 27.9 Å². The highest BCUT2D eigenvalue weighted by Gasteiger charge is 2.32. The van der Waals surface area contributed by atoms with Gasteiger partial charge in [-0.15, -0.1) is 5.10 Å². The third-order valence-corrected chi connectivity index (χ3v) is 3.49. The van der Waals surface area contributed by atoms with Crippen molar-refractivity contribution in [3.8, 4) is 0 Å². The molecule has 88 valence electrons. The van der Waals surface area contributed by atoms with Crippen molar-refractivity contribution in [1.82, 2.24) is 10.2 Å². The molecule has 1 unspecified atom stereocenters. The Hall–Kier alpha value is -0.910. The second-order valence-corrected chi connectivity index (χ2v) is 4.60. The van der Waals surface area contributed by atoms with Gasteiger partial charge in [0.1, 0.15) is 0 Å². The van der Waals surface area contributed by atoms with Crippen LogP contribution in [0.1, 0.15) is 25.7 Å². The predicted octanol–water partition coefficient (Wildman–Crippen LogP) is 1.77. The molecule has 1 atom stereocenters. The van der Waals surface area contributed by atoms with E-state index in [0.29, 0.717) is 30.8 Å². The molecule has 1 aliphatic rings. The van der Waals surface area contributed by atoms with E-state index < -0.39 is 0 Å². The second kappa shape index (κ2) is 4.95. The third-order valence-electron chi connectivity index (χ3n) is 2.57. The zero-order valence-corrected chi connectivity index (χ0v) is 10.7. The van der Waals surface area contributed by atoms with Gasteiger partial charge in [0.2, 0.25) is 11.8 Å². The summed E-state index contributed by atoms with van der Waals surface area (Å²) in [6.07, 6.45) is 2.27. The number of aryl methyl sites for hydroxylation is 1. The highest BCUT2D eigenvalue weighted by Crippen LogP contribution is 2.25. The van der Waals surface area contributed by atoms with Crippen LogP contribution < -0.4 is 4.90 Å². The summed E-state index contributed by atoms with van der Waals surface area (Å²) in [6.45, 7) is 2.71. The summed E-state index contributed by atoms with van der Waals surface area (Å²) in [5, 5.41) is 8.65. The maximum atomic E-state index is 11.7. The van der Waals surface area contributed by atoms with E-state index in [4.69, 9.17) is 4.42 Å². The summed E-state index contributed by atoms with van der Waals surface area (Å²) < 4.78 is 5.44. The van der Waals surface area contributed by atoms with Gasteiger partial charge in [0.15, 0.2) is 0 Å². The number of hydrogen-bond acceptors (Lipinski definition) is 4. The molecule has 1 aromatic heterocycles. The first-order valence-corrected chi connectivity index (χ1v) is 6.55. The molecule has 2 rings (SSSR count). The van der Waals surface area contributed by atoms with Crippen LogP contribution >= 0.6 is 15.9 Å². The number of carbonyl (C=O) groups excluding carboxylic acids is 1. The lowest BCUT2D eigenvalue weighted by Crippen LogP contribution is -2.24. The summed E-state index contributed by atoms with van der Waals surface area (Å²) in [4.78, 5) is 13.3. The number of carbonyl (C=O) groups is 1. The molecule has 0 spiro atoms. The number of amides is 1. The van der Waals surface area contributed by atoms with Gasteiger partial charge in [0.05, 0.1) is 0 Å². The largest absolute Gasteiger partial charge is 0.408 e. The van der Waals surface area contributed by atoms with E-state index in [-0.39, 0.29) is 5.91 Å². The summed E-state index contributed by atoms with van der Waals surface area (Å²) in [6, 6.07) is 0.344. The highest BCUT2D eigenvalue weighted by molar-refractivity contribution is 9.09. The van der Waals surface area contributed by atoms with E-state index in [2.05, 4.69) is 26.1 Å². The predicted molar refractivity (Wildman–Crippen MR) is 62.5 cm³/mol. The van der Waals surface area contributed by atoms with Crippen LogP contribution in [-0.4, -0.2) is 28.0 Å². The van der Waals surface area contributed by atoms with Gasteiger partial charge in [-0.1, -0.05) is 28.0 Å². The molecule has 0 N–H and O–H groups in total. The van der Waals surface area contributed by atoms with Crippen LogP contribution in [-0.2, 0) is 11.2 Å². The molecule has 16 heavy (non-hydrogen) atoms. The third kappa shape index (κ3) is 2.26. The van der Waals surface area contributed by atoms with Gasteiger partial charge in [-0.05, 0) is 12.3 Å². The first-order chi connectivity index (χ1) is 7.74. The minimum atomic E-state index is 0.0659. The van der Waals surface area contributed by atoms with E-state index in [9.17, 15) is 4.79 Å². The zero-order chi connectivity index (χ0) is 11.5. The van der Waals surface area contributed by atoms with Crippen molar-refractivity contribution in [3.05, 3.63) is 5.89 Å². The lowest BCUT2D eigenvalue weighted by Gasteiger charge is -2.09. The quantitative estimate of drug-likeness (QED) is 0.792. The van der Waals surface area contributed by atoms with E-state index >= 15 is 0 Å². The Labute approximate surface area is 102 Å². The smallest absolute Gasteiger partial charge is 0.325 e. The first-order valence-electron chi connectivity index (χ1n) is 5.43. The second-order valence-electron chi connectivity index (χ2n) is 3.96. The maximum absolute atomic E-state index is 11.7. The average Bonchev–Trinajstić information content (AvgIpc) is 2.85. The molecule has 0 aliphatic carbocycles. The number of alkyl halides is 1. The van der Waals surface area contributed by atoms with Gasteiger partial charge in [-0.3, -0.25) is 9.69 Å². The number of rotatable bonds is 4. The minimum Gasteiger partial charge on any atom is -0.408 e. The molecule has 1 aliphatic heterocycles. The van der Waals surface area contributed by atoms with Crippen LogP contribution in [0.25, 0.3) is 0 Å². The SMILES string of the molecule is CCCc1nnc(N2CC(CBr)CC2=O)o1. The van der Waals surface area contributed by atoms with Crippen molar-refractivity contribution in [2.24, 2.45) is 5.92 Å². The normalized spacial score (nSPS) is 20.8. The Kier molecular flexibility index (Phi) is 3.58. The van der Waals surface area contributed by atoms with Crippen molar-refractivity contribution in [2.75, 3.05) is 16.8 Å². The van der Waals surface area contributed by atoms with E-state index in [1.165, 1.54) is 0 Å². The Balaban J connectivity index is 2.09. The molecule has 1 aromatic rings. The summed E-state index contributed by atoms with van der Waals surface area (Å²) in [7, 11) is 0. The Bertz CT molecular complexity index is 380. The fourth-order valence-corrected chi connectivity index (χ4v) is 2.17. The number of nitrogens with zero attached hydrogens (tertiary/aromatic N) is 3. The minimum absolute atomic E-state index is 0.0659. The Morgan fingerprint density at radius 2 is 2.38 bits per heavy atom. The molecule has 0 radical (unpaired) electrons. The van der Waals surface area contributed by atoms with Crippen LogP contribution in [0.4, 0.5) is 6.01 Å². The van der Waals surface area contributed by atoms with E-state index in [1.807, 2.05) is 6.92 Å². The van der Waals surface area contributed by atoms with Crippen molar-refractivity contribution in [1.29, 1.82) is 0 Å². The van der Waals surface area contributed by atoms with Gasteiger partial charge in [0.25, 0.3) is 0 Å². The molecule has 0 aromatic carbocycles. The lowest BCUT2D eigenvalue weighted by molar-refractivity contribution is -0.117. The molecule has 1 fully saturated rings. The summed E-state index contributed by atoms with van der Waals surface area (Å²) >= 11 is 3.39. The van der Waals surface area contributed by atoms with Gasteiger partial charge in [-0.2, -0.15) is 0 Å². The number of hydrogen-bond donors (Lipinski definition) is 0. The molecular weight excluding hydrogens is 274 g/mol. The molecule has 2 heterocycles. The van der Waals surface area contributed by atoms with E-state index in [0.717, 1.165) is 18.2 Å². The Morgan fingerprint density at radius 3 is 3.00 bits per heavy atom. The van der Waals surface area contributed by atoms with Gasteiger partial charge >= 0.3 is 6.01 Å². The fourth-order valence-electron chi connectivity index (χ4n) is 1.74. The fraction of sp³-hybridized carbons (Fsp3) is 0.700. The molecular formula is C10H14BrN3O2. The number of anilines is 1. The van der Waals surface area contributed by atoms with Crippen molar-refractivity contribution in [2.45, 2.75) is 26.2 Å². The van der Waals surface area contributed by atoms with Gasteiger partial charge < -0.3 is 4.42 Å². The first kappa shape index (κ1) is 11.6. The molecule has 5 nitrogen and oxygen atoms in total. The topological polar surface area (TPSA) is 59.2 Å². The van der Waals surface area contributed by atoms with Crippen molar-refractivity contribution < 1.29 is 9.21 Å². The standard InChI is InChI=1S/C10H14BrN3O2/c1-2-3-8-12-13-10(16-8)14-6-7(5-11)4-9(14)15/h7H,2-6H2,1H3. The van der Waals surface area contributed by atoms with Crippen LogP contribution in [0, 0.1) is 5.92 Å². The summed E-state index contributed by atoms with van der Waals surface area (Å²) in [5.74, 6) is 1.01. The van der Waals surface area contributed by atoms with Crippen LogP contribution in [0.2, 0.25) is 0 Å². The van der Waals surface area contributed by atoms with Gasteiger partial charge in [-0.25, -0.2) is 0 Å². The van der Waals surface area contributed by atoms with Crippen LogP contribution in [0.3, 0.4) is 0 Å². The lowest BCUT2D eigenvalue weighted by atomic mass is 10.2. The zero-order valence-electron chi connectivity index (χ0n) is 9.15. The monoisotopic (exact) mass is 287 g/mol. The van der Waals surface area contributed by atoms with Crippen molar-refractivity contribution in [3.63, 3.8) is 0 Å². The van der Waals surface area contributed by atoms with Crippen LogP contribution in [0.15, 0.2) is 4.42 Å². The Morgan fingerprint density at radius 1 is 1.56 bits per heavy atom. The maximum Gasteiger partial charge on any atom is 0.325 e. The molecule has 1 amide bonds. The number of aromatic nitrogens is 2. The molecule has 0 bridgehead atoms. The molecule has 0 saturated carbocycles. The number of halogens is 1. The molecule has 1 saturated heterocycles. The van der Waals surface area contributed by atoms with Gasteiger partial charge in [0, 0.05) is 24.7 Å². The average molecular weight is 288 g/mol. The summed E-state index contributed by atoms with van der Waals surface area (Å²) in [5.41, 5.74) is 0. The van der Waals surface area contributed by atoms with Crippen LogP contribution in [0.5, 0.6) is 0 Å². The highest BCUT2D eigenvalue weighted by atomic mass is 79.9. The molecule has 6 heteroatoms. The van der Waals surface area contributed by atoms with E-state index in [1.54, 1.807) is 4.90 Å².